The molecule has 0 aliphatic heterocycles. The maximum atomic E-state index is 13.7. The molecule has 7 heteroatoms. The van der Waals surface area contributed by atoms with E-state index in [1.54, 1.807) is 39.1 Å². The zero-order valence-electron chi connectivity index (χ0n) is 15.9. The molecule has 0 saturated heterocycles. The summed E-state index contributed by atoms with van der Waals surface area (Å²) in [4.78, 5) is 20.9. The van der Waals surface area contributed by atoms with Gasteiger partial charge in [0.15, 0.2) is 0 Å². The van der Waals surface area contributed by atoms with Crippen LogP contribution in [0.4, 0.5) is 9.18 Å². The molecule has 1 aromatic carbocycles. The van der Waals surface area contributed by atoms with Crippen molar-refractivity contribution in [2.24, 2.45) is 0 Å². The topological polar surface area (TPSA) is 64.1 Å². The van der Waals surface area contributed by atoms with Gasteiger partial charge in [-0.3, -0.25) is 9.97 Å². The molecule has 0 atom stereocenters. The molecule has 0 unspecified atom stereocenters. The van der Waals surface area contributed by atoms with Gasteiger partial charge in [0.25, 0.3) is 0 Å². The van der Waals surface area contributed by atoms with Crippen LogP contribution in [0.2, 0.25) is 5.02 Å². The molecule has 146 valence electrons. The third-order valence-electron chi connectivity index (χ3n) is 3.91. The van der Waals surface area contributed by atoms with E-state index in [1.807, 2.05) is 12.1 Å². The van der Waals surface area contributed by atoms with Gasteiger partial charge in [0.05, 0.1) is 21.9 Å². The van der Waals surface area contributed by atoms with E-state index < -0.39 is 11.7 Å². The lowest BCUT2D eigenvalue weighted by atomic mass is 10.0. The Balaban J connectivity index is 1.94. The maximum absolute atomic E-state index is 13.7. The second kappa shape index (κ2) is 8.10. The molecule has 2 heterocycles. The molecule has 1 amide bonds. The molecule has 3 aromatic rings. The van der Waals surface area contributed by atoms with Gasteiger partial charge < -0.3 is 10.1 Å². The highest BCUT2D eigenvalue weighted by Crippen LogP contribution is 2.35. The van der Waals surface area contributed by atoms with Crippen molar-refractivity contribution in [1.29, 1.82) is 0 Å². The van der Waals surface area contributed by atoms with Crippen LogP contribution in [0.25, 0.3) is 22.2 Å². The molecule has 0 radical (unpaired) electrons. The fraction of sp³-hybridized carbons (Fsp3) is 0.286. The predicted molar refractivity (Wildman–Crippen MR) is 108 cm³/mol. The van der Waals surface area contributed by atoms with Gasteiger partial charge in [-0.1, -0.05) is 17.7 Å². The van der Waals surface area contributed by atoms with E-state index in [0.29, 0.717) is 45.8 Å². The number of pyridine rings is 2. The summed E-state index contributed by atoms with van der Waals surface area (Å²) >= 11 is 6.62. The number of aromatic nitrogens is 2. The number of hydrogen-bond donors (Lipinski definition) is 1. The summed E-state index contributed by atoms with van der Waals surface area (Å²) in [5.41, 5.74) is 1.94. The van der Waals surface area contributed by atoms with Crippen LogP contribution in [0.5, 0.6) is 0 Å². The minimum Gasteiger partial charge on any atom is -0.444 e. The third kappa shape index (κ3) is 4.75. The van der Waals surface area contributed by atoms with Gasteiger partial charge in [-0.25, -0.2) is 9.18 Å². The summed E-state index contributed by atoms with van der Waals surface area (Å²) in [5.74, 6) is -0.387. The number of nitrogens with one attached hydrogen (secondary N) is 1. The molecule has 2 aromatic heterocycles. The first-order chi connectivity index (χ1) is 13.2. The van der Waals surface area contributed by atoms with Gasteiger partial charge in [0.2, 0.25) is 0 Å². The average molecular weight is 402 g/mol. The Bertz CT molecular complexity index is 1000. The lowest BCUT2D eigenvalue weighted by Crippen LogP contribution is -2.33. The first-order valence-corrected chi connectivity index (χ1v) is 9.28. The number of benzene rings is 1. The van der Waals surface area contributed by atoms with E-state index in [-0.39, 0.29) is 5.82 Å². The van der Waals surface area contributed by atoms with Crippen LogP contribution in [-0.4, -0.2) is 28.2 Å². The van der Waals surface area contributed by atoms with Crippen LogP contribution in [0.3, 0.4) is 0 Å². The highest BCUT2D eigenvalue weighted by molar-refractivity contribution is 6.38. The zero-order chi connectivity index (χ0) is 20.3. The molecule has 28 heavy (non-hydrogen) atoms. The number of alkyl carbamates (subject to hydrolysis) is 1. The van der Waals surface area contributed by atoms with Crippen LogP contribution >= 0.6 is 11.6 Å². The smallest absolute Gasteiger partial charge is 0.407 e. The van der Waals surface area contributed by atoms with Gasteiger partial charge in [-0.15, -0.1) is 0 Å². The molecule has 1 N–H and O–H groups in total. The van der Waals surface area contributed by atoms with Crippen LogP contribution in [0, 0.1) is 5.82 Å². The quantitative estimate of drug-likeness (QED) is 0.656. The van der Waals surface area contributed by atoms with E-state index in [9.17, 15) is 9.18 Å². The van der Waals surface area contributed by atoms with Crippen LogP contribution < -0.4 is 5.32 Å². The minimum atomic E-state index is -0.572. The number of ether oxygens (including phenoxy) is 1. The Morgan fingerprint density at radius 3 is 2.71 bits per heavy atom. The van der Waals surface area contributed by atoms with Crippen molar-refractivity contribution in [2.75, 3.05) is 6.54 Å². The zero-order valence-corrected chi connectivity index (χ0v) is 16.7. The first-order valence-electron chi connectivity index (χ1n) is 8.90. The van der Waals surface area contributed by atoms with Crippen LogP contribution in [-0.2, 0) is 11.2 Å². The van der Waals surface area contributed by atoms with Crippen molar-refractivity contribution in [3.05, 3.63) is 59.1 Å². The van der Waals surface area contributed by atoms with Gasteiger partial charge in [0.1, 0.15) is 11.4 Å². The van der Waals surface area contributed by atoms with Crippen molar-refractivity contribution in [3.8, 4) is 11.3 Å². The molecule has 0 bridgehead atoms. The van der Waals surface area contributed by atoms with E-state index in [0.717, 1.165) is 0 Å². The van der Waals surface area contributed by atoms with Crippen molar-refractivity contribution in [1.82, 2.24) is 15.3 Å². The second-order valence-corrected chi connectivity index (χ2v) is 7.68. The molecule has 0 saturated carbocycles. The fourth-order valence-corrected chi connectivity index (χ4v) is 3.15. The summed E-state index contributed by atoms with van der Waals surface area (Å²) in [7, 11) is 0. The van der Waals surface area contributed by atoms with Gasteiger partial charge in [-0.05, 0) is 51.1 Å². The number of fused-ring (bicyclic) bond motifs is 1. The molecule has 0 aliphatic rings. The van der Waals surface area contributed by atoms with E-state index >= 15 is 0 Å². The predicted octanol–water partition coefficient (Wildman–Crippen LogP) is 5.16. The number of halogens is 2. The summed E-state index contributed by atoms with van der Waals surface area (Å²) < 4.78 is 19.0. The van der Waals surface area contributed by atoms with Crippen molar-refractivity contribution in [2.45, 2.75) is 32.8 Å². The second-order valence-electron chi connectivity index (χ2n) is 7.30. The summed E-state index contributed by atoms with van der Waals surface area (Å²) in [6.07, 6.45) is 1.57. The van der Waals surface area contributed by atoms with Gasteiger partial charge in [-0.2, -0.15) is 0 Å². The molecule has 0 fully saturated rings. The number of hydrogen-bond acceptors (Lipinski definition) is 4. The normalized spacial score (nSPS) is 11.5. The summed E-state index contributed by atoms with van der Waals surface area (Å²) in [6.45, 7) is 5.71. The molecular weight excluding hydrogens is 381 g/mol. The highest BCUT2D eigenvalue weighted by atomic mass is 35.5. The van der Waals surface area contributed by atoms with E-state index in [4.69, 9.17) is 16.3 Å². The Morgan fingerprint density at radius 1 is 1.25 bits per heavy atom. The number of amides is 1. The largest absolute Gasteiger partial charge is 0.444 e. The summed E-state index contributed by atoms with van der Waals surface area (Å²) in [6, 6.07) is 9.75. The lowest BCUT2D eigenvalue weighted by molar-refractivity contribution is 0.0528. The molecule has 5 nitrogen and oxygen atoms in total. The summed E-state index contributed by atoms with van der Waals surface area (Å²) in [5, 5.41) is 3.62. The number of rotatable bonds is 4. The fourth-order valence-electron chi connectivity index (χ4n) is 2.79. The van der Waals surface area contributed by atoms with Crippen LogP contribution in [0.1, 0.15) is 26.5 Å². The maximum Gasteiger partial charge on any atom is 0.407 e. The third-order valence-corrected chi connectivity index (χ3v) is 4.30. The molecule has 3 rings (SSSR count). The van der Waals surface area contributed by atoms with E-state index in [1.165, 1.54) is 12.1 Å². The monoisotopic (exact) mass is 401 g/mol. The van der Waals surface area contributed by atoms with Crippen molar-refractivity contribution in [3.63, 3.8) is 0 Å². The number of nitrogens with zero attached hydrogens (tertiary/aromatic N) is 2. The molecular formula is C21H21ClFN3O2. The number of carbonyl (C=O) groups excluding carboxylic acids is 1. The van der Waals surface area contributed by atoms with Crippen molar-refractivity contribution < 1.29 is 13.9 Å². The highest BCUT2D eigenvalue weighted by Gasteiger charge is 2.19. The lowest BCUT2D eigenvalue weighted by Gasteiger charge is -2.20. The Morgan fingerprint density at radius 2 is 2.04 bits per heavy atom. The standard InChI is InChI=1S/C21H21ClFN3O2/c1-21(2,3)28-20(27)25-11-9-17-18(16-6-4-5-10-24-16)19(22)14-12-13(23)7-8-15(14)26-17/h4-8,10,12H,9,11H2,1-3H3,(H,25,27). The van der Waals surface area contributed by atoms with Gasteiger partial charge >= 0.3 is 6.09 Å². The minimum absolute atomic E-state index is 0.310. The first kappa shape index (κ1) is 20.0. The molecule has 0 aliphatic carbocycles. The Hall–Kier alpha value is -2.73. The van der Waals surface area contributed by atoms with E-state index in [2.05, 4.69) is 15.3 Å². The van der Waals surface area contributed by atoms with Crippen LogP contribution in [0.15, 0.2) is 42.6 Å². The SMILES string of the molecule is CC(C)(C)OC(=O)NCCc1nc2ccc(F)cc2c(Cl)c1-c1ccccn1. The Kier molecular flexibility index (Phi) is 5.79. The van der Waals surface area contributed by atoms with Crippen molar-refractivity contribution >= 4 is 28.6 Å². The Labute approximate surface area is 167 Å². The average Bonchev–Trinajstić information content (AvgIpc) is 2.62. The van der Waals surface area contributed by atoms with Gasteiger partial charge in [0, 0.05) is 30.1 Å². The number of carbonyl (C=O) groups is 1. The molecule has 0 spiro atoms.